The van der Waals surface area contributed by atoms with Crippen molar-refractivity contribution in [2.45, 2.75) is 61.9 Å². The fourth-order valence-corrected chi connectivity index (χ4v) is 10.7. The minimum atomic E-state index is -3.54. The molecular weight excluding hydrogens is 547 g/mol. The average Bonchev–Trinajstić information content (AvgIpc) is 3.28. The minimum absolute atomic E-state index is 0.112. The largest absolute Gasteiger partial charge is 0.492 e. The SMILES string of the molecule is CCCCC1C2C(C)c3c(c4c(cccc4n3-c3cccc(SC)c3)OCCP2(=O)OCC)C1(C(N)=O)C(=O)O. The number of ether oxygens (including phenoxy) is 1. The van der Waals surface area contributed by atoms with E-state index in [0.717, 1.165) is 22.5 Å². The Kier molecular flexibility index (Phi) is 7.85. The summed E-state index contributed by atoms with van der Waals surface area (Å²) in [7, 11) is -3.54. The Morgan fingerprint density at radius 1 is 1.25 bits per heavy atom. The number of carbonyl (C=O) groups is 2. The van der Waals surface area contributed by atoms with E-state index in [2.05, 4.69) is 0 Å². The summed E-state index contributed by atoms with van der Waals surface area (Å²) in [6.07, 6.45) is 3.94. The number of aliphatic carboxylic acids is 1. The quantitative estimate of drug-likeness (QED) is 0.176. The maximum Gasteiger partial charge on any atom is 0.324 e. The molecule has 3 heterocycles. The van der Waals surface area contributed by atoms with Crippen LogP contribution in [0.15, 0.2) is 47.4 Å². The predicted molar refractivity (Wildman–Crippen MR) is 158 cm³/mol. The summed E-state index contributed by atoms with van der Waals surface area (Å²) >= 11 is 1.60. The third kappa shape index (κ3) is 4.12. The number of nitrogens with two attached hydrogens (primary N) is 1. The lowest BCUT2D eigenvalue weighted by Crippen LogP contribution is -2.60. The Morgan fingerprint density at radius 2 is 2.00 bits per heavy atom. The number of hydrogen-bond donors (Lipinski definition) is 2. The molecule has 1 aliphatic carbocycles. The number of nitrogens with zero attached hydrogens (tertiary/aromatic N) is 1. The van der Waals surface area contributed by atoms with Gasteiger partial charge in [0.15, 0.2) is 5.41 Å². The van der Waals surface area contributed by atoms with Crippen molar-refractivity contribution in [1.29, 1.82) is 0 Å². The summed E-state index contributed by atoms with van der Waals surface area (Å²) in [5.74, 6) is -3.03. The third-order valence-electron chi connectivity index (χ3n) is 8.67. The first-order valence-electron chi connectivity index (χ1n) is 13.9. The molecule has 0 radical (unpaired) electrons. The zero-order valence-electron chi connectivity index (χ0n) is 23.4. The first kappa shape index (κ1) is 28.8. The normalized spacial score (nSPS) is 27.6. The maximum absolute atomic E-state index is 14.9. The number of aromatic nitrogens is 1. The van der Waals surface area contributed by atoms with Gasteiger partial charge in [0, 0.05) is 44.7 Å². The van der Waals surface area contributed by atoms with Crippen LogP contribution in [0.2, 0.25) is 0 Å². The lowest BCUT2D eigenvalue weighted by molar-refractivity contribution is -0.152. The van der Waals surface area contributed by atoms with Crippen LogP contribution in [-0.2, 0) is 24.1 Å². The van der Waals surface area contributed by atoms with Gasteiger partial charge in [0.2, 0.25) is 13.3 Å². The van der Waals surface area contributed by atoms with Crippen molar-refractivity contribution in [3.63, 3.8) is 0 Å². The third-order valence-corrected chi connectivity index (χ3v) is 12.6. The molecule has 3 aromatic rings. The van der Waals surface area contributed by atoms with Crippen LogP contribution in [0.3, 0.4) is 0 Å². The molecule has 8 nitrogen and oxygen atoms in total. The van der Waals surface area contributed by atoms with Gasteiger partial charge in [-0.1, -0.05) is 38.8 Å². The van der Waals surface area contributed by atoms with E-state index in [4.69, 9.17) is 15.0 Å². The molecule has 0 saturated carbocycles. The zero-order chi connectivity index (χ0) is 28.8. The van der Waals surface area contributed by atoms with Gasteiger partial charge in [0.25, 0.3) is 0 Å². The van der Waals surface area contributed by atoms with Crippen LogP contribution in [0, 0.1) is 5.92 Å². The number of amides is 1. The standard InChI is InChI=1S/C30H37N2O6PS/c1-5-7-12-21-27-18(3)26-25(30(21,28(31)33)29(34)35)24-22(32(26)19-10-8-11-20(17-19)40-4)13-9-14-23(24)37-15-16-39(27,36)38-6-2/h8-11,13-14,17-18,21,27H,5-7,12,15-16H2,1-4H3,(H2,31,33)(H,34,35). The fraction of sp³-hybridized carbons (Fsp3) is 0.467. The van der Waals surface area contributed by atoms with Gasteiger partial charge >= 0.3 is 5.97 Å². The van der Waals surface area contributed by atoms with Crippen molar-refractivity contribution in [2.24, 2.45) is 11.7 Å². The Morgan fingerprint density at radius 3 is 2.65 bits per heavy atom. The highest BCUT2D eigenvalue weighted by molar-refractivity contribution is 7.98. The van der Waals surface area contributed by atoms with Crippen molar-refractivity contribution in [3.8, 4) is 11.4 Å². The predicted octanol–water partition coefficient (Wildman–Crippen LogP) is 6.16. The van der Waals surface area contributed by atoms with Crippen LogP contribution in [0.1, 0.15) is 57.2 Å². The van der Waals surface area contributed by atoms with Gasteiger partial charge in [-0.15, -0.1) is 11.8 Å². The smallest absolute Gasteiger partial charge is 0.324 e. The molecule has 0 fully saturated rings. The minimum Gasteiger partial charge on any atom is -0.492 e. The lowest BCUT2D eigenvalue weighted by Gasteiger charge is -2.49. The van der Waals surface area contributed by atoms with Crippen molar-refractivity contribution in [3.05, 3.63) is 53.7 Å². The summed E-state index contributed by atoms with van der Waals surface area (Å²) in [5, 5.41) is 11.7. The van der Waals surface area contributed by atoms with Crippen molar-refractivity contribution >= 4 is 41.9 Å². The molecule has 40 heavy (non-hydrogen) atoms. The molecule has 10 heteroatoms. The van der Waals surface area contributed by atoms with E-state index in [9.17, 15) is 19.3 Å². The Balaban J connectivity index is 2.03. The molecule has 5 unspecified atom stereocenters. The van der Waals surface area contributed by atoms with Crippen LogP contribution < -0.4 is 10.5 Å². The summed E-state index contributed by atoms with van der Waals surface area (Å²) in [5.41, 5.74) is 5.87. The number of carboxylic acid groups (broad SMARTS) is 1. The lowest BCUT2D eigenvalue weighted by atomic mass is 9.59. The fourth-order valence-electron chi connectivity index (χ4n) is 7.16. The molecule has 0 spiro atoms. The van der Waals surface area contributed by atoms with E-state index in [-0.39, 0.29) is 19.4 Å². The number of thioether (sulfide) groups is 1. The van der Waals surface area contributed by atoms with E-state index >= 15 is 0 Å². The highest BCUT2D eigenvalue weighted by atomic mass is 32.2. The van der Waals surface area contributed by atoms with Crippen LogP contribution in [0.25, 0.3) is 16.6 Å². The number of unbranched alkanes of at least 4 members (excludes halogenated alkanes) is 1. The number of fused-ring (bicyclic) bond motifs is 4. The average molecular weight is 585 g/mol. The molecular formula is C30H37N2O6PS. The molecule has 3 N–H and O–H groups in total. The van der Waals surface area contributed by atoms with Crippen LogP contribution >= 0.6 is 19.1 Å². The number of carbonyl (C=O) groups excluding carboxylic acids is 1. The second-order valence-electron chi connectivity index (χ2n) is 10.7. The van der Waals surface area contributed by atoms with Gasteiger partial charge in [-0.25, -0.2) is 0 Å². The zero-order valence-corrected chi connectivity index (χ0v) is 25.1. The van der Waals surface area contributed by atoms with Gasteiger partial charge in [0.05, 0.1) is 24.9 Å². The number of hydrogen-bond acceptors (Lipinski definition) is 6. The second-order valence-corrected chi connectivity index (χ2v) is 14.3. The first-order chi connectivity index (χ1) is 19.2. The van der Waals surface area contributed by atoms with Crippen LogP contribution in [-0.4, -0.2) is 52.8 Å². The summed E-state index contributed by atoms with van der Waals surface area (Å²) in [6, 6.07) is 13.5. The Bertz CT molecular complexity index is 1500. The molecule has 2 aliphatic heterocycles. The van der Waals surface area contributed by atoms with E-state index < -0.39 is 42.2 Å². The van der Waals surface area contributed by atoms with E-state index in [1.54, 1.807) is 24.8 Å². The summed E-state index contributed by atoms with van der Waals surface area (Å²) < 4.78 is 29.3. The van der Waals surface area contributed by atoms with Crippen molar-refractivity contribution in [2.75, 3.05) is 25.6 Å². The van der Waals surface area contributed by atoms with E-state index in [1.165, 1.54) is 0 Å². The number of carboxylic acids is 1. The topological polar surface area (TPSA) is 121 Å². The maximum atomic E-state index is 14.9. The van der Waals surface area contributed by atoms with Gasteiger partial charge in [-0.3, -0.25) is 14.2 Å². The van der Waals surface area contributed by atoms with Gasteiger partial charge in [-0.2, -0.15) is 0 Å². The number of primary amides is 1. The molecule has 2 aromatic carbocycles. The summed E-state index contributed by atoms with van der Waals surface area (Å²) in [4.78, 5) is 28.4. The molecule has 3 aliphatic rings. The molecule has 4 bridgehead atoms. The summed E-state index contributed by atoms with van der Waals surface area (Å²) in [6.45, 7) is 6.15. The number of benzene rings is 2. The van der Waals surface area contributed by atoms with Crippen LogP contribution in [0.5, 0.6) is 5.75 Å². The number of rotatable bonds is 9. The Hall–Kier alpha value is -2.74. The first-order valence-corrected chi connectivity index (χ1v) is 17.0. The second kappa shape index (κ2) is 10.9. The van der Waals surface area contributed by atoms with E-state index in [0.29, 0.717) is 35.2 Å². The molecule has 1 amide bonds. The Labute approximate surface area is 239 Å². The molecule has 1 aromatic heterocycles. The molecule has 0 saturated heterocycles. The van der Waals surface area contributed by atoms with Crippen LogP contribution in [0.4, 0.5) is 0 Å². The van der Waals surface area contributed by atoms with Crippen molar-refractivity contribution < 1.29 is 28.5 Å². The van der Waals surface area contributed by atoms with Gasteiger partial charge in [-0.05, 0) is 49.9 Å². The van der Waals surface area contributed by atoms with Crippen molar-refractivity contribution in [1.82, 2.24) is 4.57 Å². The highest BCUT2D eigenvalue weighted by Gasteiger charge is 2.65. The molecule has 214 valence electrons. The molecule has 6 rings (SSSR count). The van der Waals surface area contributed by atoms with E-state index in [1.807, 2.05) is 61.1 Å². The molecule has 5 atom stereocenters. The van der Waals surface area contributed by atoms with Gasteiger partial charge < -0.3 is 24.7 Å². The monoisotopic (exact) mass is 584 g/mol. The highest BCUT2D eigenvalue weighted by Crippen LogP contribution is 2.67. The van der Waals surface area contributed by atoms with Gasteiger partial charge in [0.1, 0.15) is 5.75 Å².